The van der Waals surface area contributed by atoms with Crippen LogP contribution < -0.4 is 14.8 Å². The number of hydrogen-bond donors (Lipinski definition) is 2. The van der Waals surface area contributed by atoms with E-state index in [1.165, 1.54) is 6.07 Å². The van der Waals surface area contributed by atoms with Gasteiger partial charge in [-0.1, -0.05) is 0 Å². The topological polar surface area (TPSA) is 93.5 Å². The molecule has 24 heavy (non-hydrogen) atoms. The van der Waals surface area contributed by atoms with Gasteiger partial charge in [0.05, 0.1) is 12.2 Å². The van der Waals surface area contributed by atoms with Gasteiger partial charge in [-0.15, -0.1) is 0 Å². The van der Waals surface area contributed by atoms with Crippen molar-refractivity contribution in [3.05, 3.63) is 41.6 Å². The Morgan fingerprint density at radius 2 is 2.25 bits per heavy atom. The summed E-state index contributed by atoms with van der Waals surface area (Å²) in [5.41, 5.74) is 0.597. The molecule has 3 rings (SSSR count). The second-order valence-electron chi connectivity index (χ2n) is 5.82. The molecule has 130 valence electrons. The van der Waals surface area contributed by atoms with Crippen LogP contribution in [-0.4, -0.2) is 32.6 Å². The second kappa shape index (κ2) is 6.92. The van der Waals surface area contributed by atoms with Crippen LogP contribution >= 0.6 is 0 Å². The molecule has 2 aromatic heterocycles. The van der Waals surface area contributed by atoms with E-state index in [1.54, 1.807) is 32.2 Å². The van der Waals surface area contributed by atoms with Gasteiger partial charge in [0.1, 0.15) is 28.3 Å². The van der Waals surface area contributed by atoms with Gasteiger partial charge in [0, 0.05) is 18.8 Å². The van der Waals surface area contributed by atoms with Crippen LogP contribution in [0.1, 0.15) is 23.6 Å². The van der Waals surface area contributed by atoms with Crippen molar-refractivity contribution in [2.45, 2.75) is 37.8 Å². The third kappa shape index (κ3) is 3.95. The first-order chi connectivity index (χ1) is 11.4. The van der Waals surface area contributed by atoms with Gasteiger partial charge in [0.15, 0.2) is 0 Å². The maximum atomic E-state index is 12.4. The number of pyridine rings is 1. The van der Waals surface area contributed by atoms with E-state index in [-0.39, 0.29) is 17.5 Å². The Bertz CT molecular complexity index is 810. The highest BCUT2D eigenvalue weighted by molar-refractivity contribution is 7.89. The molecule has 7 nitrogen and oxygen atoms in total. The van der Waals surface area contributed by atoms with Crippen molar-refractivity contribution in [3.63, 3.8) is 0 Å². The summed E-state index contributed by atoms with van der Waals surface area (Å²) < 4.78 is 38.4. The second-order valence-corrected chi connectivity index (χ2v) is 7.55. The van der Waals surface area contributed by atoms with Crippen molar-refractivity contribution in [2.24, 2.45) is 0 Å². The highest BCUT2D eigenvalue weighted by Crippen LogP contribution is 2.20. The maximum absolute atomic E-state index is 12.4. The molecule has 2 N–H and O–H groups in total. The molecular weight excluding hydrogens is 330 g/mol. The summed E-state index contributed by atoms with van der Waals surface area (Å²) in [6, 6.07) is 5.05. The summed E-state index contributed by atoms with van der Waals surface area (Å²) in [7, 11) is -3.64. The lowest BCUT2D eigenvalue weighted by Gasteiger charge is -2.13. The molecule has 1 aliphatic heterocycles. The molecule has 0 aromatic carbocycles. The monoisotopic (exact) mass is 351 g/mol. The van der Waals surface area contributed by atoms with E-state index in [4.69, 9.17) is 9.15 Å². The van der Waals surface area contributed by atoms with E-state index >= 15 is 0 Å². The molecule has 3 heterocycles. The van der Waals surface area contributed by atoms with Crippen LogP contribution in [0.2, 0.25) is 0 Å². The lowest BCUT2D eigenvalue weighted by molar-refractivity contribution is 0.222. The summed E-state index contributed by atoms with van der Waals surface area (Å²) >= 11 is 0. The molecule has 1 unspecified atom stereocenters. The Kier molecular flexibility index (Phi) is 4.88. The van der Waals surface area contributed by atoms with E-state index in [2.05, 4.69) is 15.0 Å². The minimum absolute atomic E-state index is 0.0894. The van der Waals surface area contributed by atoms with Gasteiger partial charge in [-0.2, -0.15) is 0 Å². The minimum Gasteiger partial charge on any atom is -0.489 e. The van der Waals surface area contributed by atoms with Gasteiger partial charge in [-0.3, -0.25) is 4.98 Å². The number of rotatable bonds is 6. The summed E-state index contributed by atoms with van der Waals surface area (Å²) in [4.78, 5) is 4.35. The maximum Gasteiger partial charge on any atom is 0.244 e. The molecular formula is C16H21N3O4S. The van der Waals surface area contributed by atoms with Gasteiger partial charge in [0.25, 0.3) is 0 Å². The Hall–Kier alpha value is -1.90. The molecule has 0 bridgehead atoms. The highest BCUT2D eigenvalue weighted by atomic mass is 32.2. The average molecular weight is 351 g/mol. The number of hydrogen-bond acceptors (Lipinski definition) is 6. The Morgan fingerprint density at radius 1 is 1.42 bits per heavy atom. The molecule has 0 saturated carbocycles. The molecule has 1 fully saturated rings. The number of nitrogens with zero attached hydrogens (tertiary/aromatic N) is 1. The van der Waals surface area contributed by atoms with Crippen LogP contribution in [0.3, 0.4) is 0 Å². The van der Waals surface area contributed by atoms with Crippen LogP contribution in [0, 0.1) is 13.8 Å². The normalized spacial score (nSPS) is 18.0. The Labute approximate surface area is 141 Å². The molecule has 8 heteroatoms. The quantitative estimate of drug-likeness (QED) is 0.819. The van der Waals surface area contributed by atoms with Crippen LogP contribution in [0.4, 0.5) is 0 Å². The molecule has 1 aliphatic rings. The number of sulfonamides is 1. The largest absolute Gasteiger partial charge is 0.489 e. The van der Waals surface area contributed by atoms with Gasteiger partial charge in [-0.25, -0.2) is 13.1 Å². The van der Waals surface area contributed by atoms with Gasteiger partial charge in [-0.05, 0) is 38.9 Å². The summed E-state index contributed by atoms with van der Waals surface area (Å²) in [5, 5.41) is 3.24. The van der Waals surface area contributed by atoms with Crippen LogP contribution in [0.15, 0.2) is 33.7 Å². The van der Waals surface area contributed by atoms with E-state index in [9.17, 15) is 8.42 Å². The number of aromatic nitrogens is 1. The van der Waals surface area contributed by atoms with Crippen LogP contribution in [-0.2, 0) is 16.6 Å². The SMILES string of the molecule is Cc1cc(S(=O)(=O)NCc2cc(OC3CCNC3)ccn2)c(C)o1. The van der Waals surface area contributed by atoms with E-state index in [0.717, 1.165) is 19.5 Å². The van der Waals surface area contributed by atoms with Crippen molar-refractivity contribution in [1.82, 2.24) is 15.0 Å². The summed E-state index contributed by atoms with van der Waals surface area (Å²) in [6.45, 7) is 5.21. The fraction of sp³-hybridized carbons (Fsp3) is 0.438. The summed E-state index contributed by atoms with van der Waals surface area (Å²) in [5.74, 6) is 1.63. The zero-order chi connectivity index (χ0) is 17.2. The first kappa shape index (κ1) is 16.9. The van der Waals surface area contributed by atoms with Crippen molar-refractivity contribution in [1.29, 1.82) is 0 Å². The molecule has 0 amide bonds. The molecule has 1 saturated heterocycles. The number of ether oxygens (including phenoxy) is 1. The van der Waals surface area contributed by atoms with Crippen molar-refractivity contribution in [2.75, 3.05) is 13.1 Å². The first-order valence-electron chi connectivity index (χ1n) is 7.83. The van der Waals surface area contributed by atoms with Crippen LogP contribution in [0.5, 0.6) is 5.75 Å². The van der Waals surface area contributed by atoms with Crippen molar-refractivity contribution >= 4 is 10.0 Å². The van der Waals surface area contributed by atoms with Gasteiger partial charge < -0.3 is 14.5 Å². The summed E-state index contributed by atoms with van der Waals surface area (Å²) in [6.07, 6.45) is 2.73. The number of furan rings is 1. The Morgan fingerprint density at radius 3 is 2.92 bits per heavy atom. The first-order valence-corrected chi connectivity index (χ1v) is 9.31. The average Bonchev–Trinajstić information content (AvgIpc) is 3.15. The predicted octanol–water partition coefficient (Wildman–Crippen LogP) is 1.51. The van der Waals surface area contributed by atoms with E-state index in [0.29, 0.717) is 23.0 Å². The van der Waals surface area contributed by atoms with Gasteiger partial charge in [0.2, 0.25) is 10.0 Å². The fourth-order valence-electron chi connectivity index (χ4n) is 2.67. The van der Waals surface area contributed by atoms with Crippen molar-refractivity contribution < 1.29 is 17.6 Å². The standard InChI is InChI=1S/C16H21N3O4S/c1-11-7-16(12(2)22-11)24(20,21)19-9-13-8-14(4-6-18-13)23-15-3-5-17-10-15/h4,6-8,15,17,19H,3,5,9-10H2,1-2H3. The molecule has 0 aliphatic carbocycles. The zero-order valence-electron chi connectivity index (χ0n) is 13.7. The predicted molar refractivity (Wildman–Crippen MR) is 88.3 cm³/mol. The van der Waals surface area contributed by atoms with Crippen LogP contribution in [0.25, 0.3) is 0 Å². The lowest BCUT2D eigenvalue weighted by atomic mass is 10.3. The number of aryl methyl sites for hydroxylation is 2. The van der Waals surface area contributed by atoms with E-state index < -0.39 is 10.0 Å². The fourth-order valence-corrected chi connectivity index (χ4v) is 3.90. The molecule has 1 atom stereocenters. The zero-order valence-corrected chi connectivity index (χ0v) is 14.5. The molecule has 2 aromatic rings. The number of nitrogens with one attached hydrogen (secondary N) is 2. The van der Waals surface area contributed by atoms with Crippen molar-refractivity contribution in [3.8, 4) is 5.75 Å². The highest BCUT2D eigenvalue weighted by Gasteiger charge is 2.21. The third-order valence-electron chi connectivity index (χ3n) is 3.83. The molecule has 0 spiro atoms. The third-order valence-corrected chi connectivity index (χ3v) is 5.34. The smallest absolute Gasteiger partial charge is 0.244 e. The Balaban J connectivity index is 1.66. The van der Waals surface area contributed by atoms with Gasteiger partial charge >= 0.3 is 0 Å². The molecule has 0 radical (unpaired) electrons. The lowest BCUT2D eigenvalue weighted by Crippen LogP contribution is -2.24. The van der Waals surface area contributed by atoms with E-state index in [1.807, 2.05) is 0 Å². The minimum atomic E-state index is -3.64.